The van der Waals surface area contributed by atoms with Crippen LogP contribution in [0.1, 0.15) is 168 Å². The van der Waals surface area contributed by atoms with Gasteiger partial charge >= 0.3 is 11.9 Å². The van der Waals surface area contributed by atoms with E-state index in [0.29, 0.717) is 12.8 Å². The van der Waals surface area contributed by atoms with Gasteiger partial charge in [0.05, 0.1) is 13.2 Å². The lowest BCUT2D eigenvalue weighted by Crippen LogP contribution is -2.59. The molecule has 1 rings (SSSR count). The Labute approximate surface area is 345 Å². The molecule has 0 saturated carbocycles. The fourth-order valence-corrected chi connectivity index (χ4v) is 6.30. The van der Waals surface area contributed by atoms with Crippen molar-refractivity contribution in [1.82, 2.24) is 0 Å². The van der Waals surface area contributed by atoms with Crippen molar-refractivity contribution in [2.45, 2.75) is 205 Å². The second kappa shape index (κ2) is 37.7. The van der Waals surface area contributed by atoms with Crippen molar-refractivity contribution in [2.24, 2.45) is 0 Å². The van der Waals surface area contributed by atoms with Crippen molar-refractivity contribution in [3.05, 3.63) is 60.8 Å². The Balaban J connectivity index is 2.37. The monoisotopic (exact) mass is 805 g/mol. The van der Waals surface area contributed by atoms with E-state index in [9.17, 15) is 30.0 Å². The van der Waals surface area contributed by atoms with E-state index in [1.165, 1.54) is 51.4 Å². The number of aliphatic hydroxyl groups is 4. The molecule has 1 saturated heterocycles. The topological polar surface area (TPSA) is 152 Å². The summed E-state index contributed by atoms with van der Waals surface area (Å²) in [7, 11) is 0. The molecule has 2 unspecified atom stereocenters. The minimum absolute atomic E-state index is 0.205. The van der Waals surface area contributed by atoms with Crippen molar-refractivity contribution in [2.75, 3.05) is 19.8 Å². The Morgan fingerprint density at radius 3 is 1.61 bits per heavy atom. The molecule has 328 valence electrons. The van der Waals surface area contributed by atoms with Crippen LogP contribution in [-0.2, 0) is 28.5 Å². The zero-order valence-electron chi connectivity index (χ0n) is 35.6. The number of hydrogen-bond acceptors (Lipinski definition) is 10. The number of unbranched alkanes of at least 4 members (excludes halogenated alkanes) is 16. The summed E-state index contributed by atoms with van der Waals surface area (Å²) in [6.07, 6.45) is 37.9. The number of esters is 2. The third-order valence-electron chi connectivity index (χ3n) is 9.90. The molecule has 0 aliphatic carbocycles. The number of rotatable bonds is 36. The minimum Gasteiger partial charge on any atom is -0.462 e. The molecule has 1 aliphatic heterocycles. The Kier molecular flexibility index (Phi) is 34.6. The average molecular weight is 805 g/mol. The smallest absolute Gasteiger partial charge is 0.306 e. The van der Waals surface area contributed by atoms with E-state index in [-0.39, 0.29) is 26.1 Å². The van der Waals surface area contributed by atoms with Gasteiger partial charge in [0.15, 0.2) is 12.4 Å². The second-order valence-corrected chi connectivity index (χ2v) is 15.2. The fourth-order valence-electron chi connectivity index (χ4n) is 6.30. The Morgan fingerprint density at radius 1 is 0.561 bits per heavy atom. The molecular formula is C47H80O10. The van der Waals surface area contributed by atoms with Crippen LogP contribution >= 0.6 is 0 Å². The van der Waals surface area contributed by atoms with Crippen LogP contribution in [0.5, 0.6) is 0 Å². The van der Waals surface area contributed by atoms with Gasteiger partial charge in [-0.25, -0.2) is 0 Å². The lowest BCUT2D eigenvalue weighted by atomic mass is 9.99. The highest BCUT2D eigenvalue weighted by Crippen LogP contribution is 2.22. The molecule has 0 aromatic rings. The van der Waals surface area contributed by atoms with Crippen LogP contribution in [0.3, 0.4) is 0 Å². The molecule has 0 bridgehead atoms. The van der Waals surface area contributed by atoms with Crippen LogP contribution in [0.25, 0.3) is 0 Å². The van der Waals surface area contributed by atoms with E-state index in [2.05, 4.69) is 74.6 Å². The zero-order valence-corrected chi connectivity index (χ0v) is 35.6. The number of hydrogen-bond donors (Lipinski definition) is 4. The lowest BCUT2D eigenvalue weighted by molar-refractivity contribution is -0.305. The first-order valence-corrected chi connectivity index (χ1v) is 22.4. The molecule has 1 fully saturated rings. The van der Waals surface area contributed by atoms with Gasteiger partial charge in [-0.15, -0.1) is 0 Å². The number of carbonyl (C=O) groups is 2. The van der Waals surface area contributed by atoms with E-state index < -0.39 is 55.4 Å². The quantitative estimate of drug-likeness (QED) is 0.0209. The highest BCUT2D eigenvalue weighted by atomic mass is 16.7. The summed E-state index contributed by atoms with van der Waals surface area (Å²) in [5, 5.41) is 40.1. The summed E-state index contributed by atoms with van der Waals surface area (Å²) in [6, 6.07) is 0. The number of ether oxygens (including phenoxy) is 4. The SMILES string of the molecule is CCCCC/C=C/C/C=C/C/C=C/CCCCCCC(=O)OC[C@@H](CO[C@H]1O[C@@H](CO)[C@@H](O)C(O)C1O)OC(=O)CCCCCCC/C=C/C=C/CCCCCC. The summed E-state index contributed by atoms with van der Waals surface area (Å²) in [4.78, 5) is 25.3. The van der Waals surface area contributed by atoms with Gasteiger partial charge in [-0.2, -0.15) is 0 Å². The predicted octanol–water partition coefficient (Wildman–Crippen LogP) is 9.44. The summed E-state index contributed by atoms with van der Waals surface area (Å²) in [5.74, 6) is -0.854. The second-order valence-electron chi connectivity index (χ2n) is 15.2. The van der Waals surface area contributed by atoms with Gasteiger partial charge in [-0.1, -0.05) is 139 Å². The maximum absolute atomic E-state index is 12.8. The summed E-state index contributed by atoms with van der Waals surface area (Å²) < 4.78 is 22.1. The van der Waals surface area contributed by atoms with Crippen LogP contribution in [0.15, 0.2) is 60.8 Å². The van der Waals surface area contributed by atoms with Crippen molar-refractivity contribution in [1.29, 1.82) is 0 Å². The molecular weight excluding hydrogens is 725 g/mol. The van der Waals surface area contributed by atoms with Crippen LogP contribution in [0, 0.1) is 0 Å². The highest BCUT2D eigenvalue weighted by Gasteiger charge is 2.44. The van der Waals surface area contributed by atoms with Crippen molar-refractivity contribution in [3.8, 4) is 0 Å². The fraction of sp³-hybridized carbons (Fsp3) is 0.745. The normalized spacial score (nSPS) is 20.8. The summed E-state index contributed by atoms with van der Waals surface area (Å²) in [6.45, 7) is 3.32. The molecule has 6 atom stereocenters. The highest BCUT2D eigenvalue weighted by molar-refractivity contribution is 5.70. The third-order valence-corrected chi connectivity index (χ3v) is 9.90. The molecule has 0 aromatic carbocycles. The van der Waals surface area contributed by atoms with Gasteiger partial charge in [0.1, 0.15) is 31.0 Å². The molecule has 0 spiro atoms. The molecule has 1 heterocycles. The first-order chi connectivity index (χ1) is 27.8. The molecule has 4 N–H and O–H groups in total. The molecule has 0 amide bonds. The average Bonchev–Trinajstić information content (AvgIpc) is 3.21. The van der Waals surface area contributed by atoms with Crippen LogP contribution in [0.4, 0.5) is 0 Å². The van der Waals surface area contributed by atoms with E-state index >= 15 is 0 Å². The minimum atomic E-state index is -1.60. The number of carbonyl (C=O) groups excluding carboxylic acids is 2. The Morgan fingerprint density at radius 2 is 1.04 bits per heavy atom. The van der Waals surface area contributed by atoms with Crippen LogP contribution in [-0.4, -0.2) is 89.0 Å². The van der Waals surface area contributed by atoms with Gasteiger partial charge in [-0.3, -0.25) is 9.59 Å². The Bertz CT molecular complexity index is 1110. The molecule has 0 radical (unpaired) electrons. The third kappa shape index (κ3) is 29.3. The van der Waals surface area contributed by atoms with Crippen molar-refractivity contribution < 1.29 is 49.0 Å². The van der Waals surface area contributed by atoms with Gasteiger partial charge in [-0.05, 0) is 77.0 Å². The van der Waals surface area contributed by atoms with Crippen molar-refractivity contribution >= 4 is 11.9 Å². The maximum Gasteiger partial charge on any atom is 0.306 e. The van der Waals surface area contributed by atoms with Gasteiger partial charge < -0.3 is 39.4 Å². The standard InChI is InChI=1S/C47H80O10/c1-3-5-7-9-11-13-15-17-19-20-22-23-25-27-29-31-33-35-42(49)54-38-40(39-55-47-46(53)45(52)44(51)41(37-48)57-47)56-43(50)36-34-32-30-28-26-24-21-18-16-14-12-10-8-6-4-2/h11,13-14,16-19,21-23,40-41,44-48,51-53H,3-10,12,15,20,24-39H2,1-2H3/b13-11+,16-14+,19-17+,21-18+,23-22+/t40-,41-,44+,45?,46?,47-/m0/s1. The summed E-state index contributed by atoms with van der Waals surface area (Å²) in [5.41, 5.74) is 0. The van der Waals surface area contributed by atoms with E-state index in [1.54, 1.807) is 0 Å². The summed E-state index contributed by atoms with van der Waals surface area (Å²) >= 11 is 0. The molecule has 10 heteroatoms. The Hall–Kier alpha value is -2.60. The molecule has 1 aliphatic rings. The van der Waals surface area contributed by atoms with Crippen LogP contribution < -0.4 is 0 Å². The zero-order chi connectivity index (χ0) is 41.6. The molecule has 57 heavy (non-hydrogen) atoms. The van der Waals surface area contributed by atoms with Crippen molar-refractivity contribution in [3.63, 3.8) is 0 Å². The van der Waals surface area contributed by atoms with E-state index in [4.69, 9.17) is 18.9 Å². The first-order valence-electron chi connectivity index (χ1n) is 22.4. The molecule has 0 aromatic heterocycles. The van der Waals surface area contributed by atoms with Gasteiger partial charge in [0.2, 0.25) is 0 Å². The largest absolute Gasteiger partial charge is 0.462 e. The van der Waals surface area contributed by atoms with E-state index in [0.717, 1.165) is 77.0 Å². The van der Waals surface area contributed by atoms with Crippen LogP contribution in [0.2, 0.25) is 0 Å². The number of aliphatic hydroxyl groups excluding tert-OH is 4. The first kappa shape index (κ1) is 52.4. The number of allylic oxidation sites excluding steroid dienone is 10. The van der Waals surface area contributed by atoms with Gasteiger partial charge in [0, 0.05) is 12.8 Å². The predicted molar refractivity (Wildman–Crippen MR) is 228 cm³/mol. The maximum atomic E-state index is 12.8. The van der Waals surface area contributed by atoms with Gasteiger partial charge in [0.25, 0.3) is 0 Å². The molecule has 10 nitrogen and oxygen atoms in total. The lowest BCUT2D eigenvalue weighted by Gasteiger charge is -2.39. The van der Waals surface area contributed by atoms with E-state index in [1.807, 2.05) is 0 Å².